The first kappa shape index (κ1) is 12.3. The predicted octanol–water partition coefficient (Wildman–Crippen LogP) is 2.37. The third kappa shape index (κ3) is 4.15. The van der Waals surface area contributed by atoms with Crippen molar-refractivity contribution in [3.63, 3.8) is 0 Å². The first-order chi connectivity index (χ1) is 5.92. The fourth-order valence-corrected chi connectivity index (χ4v) is 1.08. The molecule has 3 nitrogen and oxygen atoms in total. The van der Waals surface area contributed by atoms with Gasteiger partial charge >= 0.3 is 5.97 Å². The Morgan fingerprint density at radius 3 is 2.54 bits per heavy atom. The van der Waals surface area contributed by atoms with Gasteiger partial charge in [0.25, 0.3) is 0 Å². The molecule has 0 amide bonds. The van der Waals surface area contributed by atoms with Crippen molar-refractivity contribution >= 4 is 23.3 Å². The maximum atomic E-state index is 10.8. The van der Waals surface area contributed by atoms with Gasteiger partial charge in [0.2, 0.25) is 0 Å². The van der Waals surface area contributed by atoms with Gasteiger partial charge in [-0.1, -0.05) is 13.8 Å². The van der Waals surface area contributed by atoms with Gasteiger partial charge in [-0.2, -0.15) is 0 Å². The Morgan fingerprint density at radius 1 is 1.69 bits per heavy atom. The Labute approximate surface area is 83.9 Å². The SMILES string of the molecule is CC(C)CCC(C)(N=C=S)C(=O)O. The van der Waals surface area contributed by atoms with Gasteiger partial charge in [0.15, 0.2) is 5.54 Å². The van der Waals surface area contributed by atoms with Crippen molar-refractivity contribution in [1.82, 2.24) is 0 Å². The van der Waals surface area contributed by atoms with Crippen molar-refractivity contribution in [2.75, 3.05) is 0 Å². The van der Waals surface area contributed by atoms with Crippen LogP contribution in [0.4, 0.5) is 0 Å². The van der Waals surface area contributed by atoms with Gasteiger partial charge < -0.3 is 5.11 Å². The standard InChI is InChI=1S/C9H15NO2S/c1-7(2)4-5-9(3,8(11)12)10-6-13/h7H,4-5H2,1-3H3,(H,11,12). The Morgan fingerprint density at radius 2 is 2.23 bits per heavy atom. The number of carboxylic acids is 1. The molecule has 0 aliphatic heterocycles. The third-order valence-corrected chi connectivity index (χ3v) is 2.05. The lowest BCUT2D eigenvalue weighted by molar-refractivity contribution is -0.142. The topological polar surface area (TPSA) is 49.7 Å². The molecule has 0 radical (unpaired) electrons. The fraction of sp³-hybridized carbons (Fsp3) is 0.778. The predicted molar refractivity (Wildman–Crippen MR) is 55.1 cm³/mol. The lowest BCUT2D eigenvalue weighted by atomic mass is 9.93. The van der Waals surface area contributed by atoms with E-state index in [0.717, 1.165) is 6.42 Å². The summed E-state index contributed by atoms with van der Waals surface area (Å²) in [6.45, 7) is 5.66. The van der Waals surface area contributed by atoms with E-state index >= 15 is 0 Å². The number of carboxylic acid groups (broad SMARTS) is 1. The summed E-state index contributed by atoms with van der Waals surface area (Å²) in [4.78, 5) is 14.5. The Balaban J connectivity index is 4.42. The number of rotatable bonds is 5. The van der Waals surface area contributed by atoms with Crippen LogP contribution in [0.2, 0.25) is 0 Å². The van der Waals surface area contributed by atoms with E-state index < -0.39 is 11.5 Å². The van der Waals surface area contributed by atoms with Crippen molar-refractivity contribution in [3.8, 4) is 0 Å². The molecule has 0 aromatic carbocycles. The quantitative estimate of drug-likeness (QED) is 0.548. The molecule has 0 aromatic heterocycles. The summed E-state index contributed by atoms with van der Waals surface area (Å²) in [6, 6.07) is 0. The second-order valence-electron chi connectivity index (χ2n) is 3.71. The van der Waals surface area contributed by atoms with Crippen LogP contribution in [-0.2, 0) is 4.79 Å². The number of carbonyl (C=O) groups is 1. The van der Waals surface area contributed by atoms with Crippen molar-refractivity contribution in [2.24, 2.45) is 10.9 Å². The average Bonchev–Trinajstić information content (AvgIpc) is 2.01. The molecule has 0 heterocycles. The Kier molecular flexibility index (Phi) is 4.81. The number of hydrogen-bond donors (Lipinski definition) is 1. The van der Waals surface area contributed by atoms with E-state index in [1.54, 1.807) is 6.92 Å². The Hall–Kier alpha value is -0.730. The number of hydrogen-bond acceptors (Lipinski definition) is 3. The molecular formula is C9H15NO2S. The second kappa shape index (κ2) is 5.10. The molecule has 0 spiro atoms. The smallest absolute Gasteiger partial charge is 0.332 e. The molecule has 1 unspecified atom stereocenters. The average molecular weight is 201 g/mol. The molecule has 4 heteroatoms. The van der Waals surface area contributed by atoms with Crippen LogP contribution in [0.1, 0.15) is 33.6 Å². The summed E-state index contributed by atoms with van der Waals surface area (Å²) in [5.74, 6) is -0.468. The highest BCUT2D eigenvalue weighted by molar-refractivity contribution is 7.78. The zero-order valence-corrected chi connectivity index (χ0v) is 9.02. The monoisotopic (exact) mass is 201 g/mol. The molecule has 0 saturated carbocycles. The molecule has 0 aromatic rings. The number of nitrogens with zero attached hydrogens (tertiary/aromatic N) is 1. The molecule has 0 rings (SSSR count). The number of isothiocyanates is 1. The summed E-state index contributed by atoms with van der Waals surface area (Å²) >= 11 is 4.42. The van der Waals surface area contributed by atoms with Gasteiger partial charge in [-0.3, -0.25) is 0 Å². The van der Waals surface area contributed by atoms with Crippen LogP contribution in [-0.4, -0.2) is 21.8 Å². The van der Waals surface area contributed by atoms with Crippen LogP contribution >= 0.6 is 12.2 Å². The van der Waals surface area contributed by atoms with Crippen LogP contribution in [0.15, 0.2) is 4.99 Å². The minimum atomic E-state index is -1.09. The Bertz CT molecular complexity index is 230. The highest BCUT2D eigenvalue weighted by atomic mass is 32.1. The van der Waals surface area contributed by atoms with Crippen molar-refractivity contribution in [3.05, 3.63) is 0 Å². The van der Waals surface area contributed by atoms with Gasteiger partial charge in [-0.25, -0.2) is 9.79 Å². The van der Waals surface area contributed by atoms with Gasteiger partial charge in [0, 0.05) is 0 Å². The zero-order valence-electron chi connectivity index (χ0n) is 8.20. The zero-order chi connectivity index (χ0) is 10.5. The van der Waals surface area contributed by atoms with E-state index in [1.807, 2.05) is 13.8 Å². The molecule has 0 fully saturated rings. The van der Waals surface area contributed by atoms with E-state index in [-0.39, 0.29) is 0 Å². The lowest BCUT2D eigenvalue weighted by Gasteiger charge is -2.19. The molecule has 0 aliphatic rings. The minimum Gasteiger partial charge on any atom is -0.479 e. The van der Waals surface area contributed by atoms with Crippen LogP contribution in [0.3, 0.4) is 0 Å². The normalized spacial score (nSPS) is 14.8. The van der Waals surface area contributed by atoms with Gasteiger partial charge in [-0.05, 0) is 37.9 Å². The third-order valence-electron chi connectivity index (χ3n) is 1.96. The summed E-state index contributed by atoms with van der Waals surface area (Å²) < 4.78 is 0. The van der Waals surface area contributed by atoms with Crippen LogP contribution in [0, 0.1) is 5.92 Å². The molecule has 74 valence electrons. The fourth-order valence-electron chi connectivity index (χ4n) is 0.881. The second-order valence-corrected chi connectivity index (χ2v) is 3.90. The minimum absolute atomic E-state index is 0.471. The number of aliphatic carboxylic acids is 1. The molecule has 1 N–H and O–H groups in total. The molecule has 0 aliphatic carbocycles. The summed E-state index contributed by atoms with van der Waals surface area (Å²) in [7, 11) is 0. The number of thiocarbonyl (C=S) groups is 1. The highest BCUT2D eigenvalue weighted by Crippen LogP contribution is 2.20. The van der Waals surface area contributed by atoms with E-state index in [9.17, 15) is 4.79 Å². The van der Waals surface area contributed by atoms with E-state index in [1.165, 1.54) is 0 Å². The lowest BCUT2D eigenvalue weighted by Crippen LogP contribution is -2.33. The van der Waals surface area contributed by atoms with Crippen LogP contribution in [0.5, 0.6) is 0 Å². The summed E-state index contributed by atoms with van der Waals surface area (Å²) in [5.41, 5.74) is -1.09. The maximum Gasteiger partial charge on any atom is 0.332 e. The van der Waals surface area contributed by atoms with Gasteiger partial charge in [0.05, 0.1) is 5.16 Å². The van der Waals surface area contributed by atoms with Crippen molar-refractivity contribution < 1.29 is 9.90 Å². The van der Waals surface area contributed by atoms with Crippen molar-refractivity contribution in [1.29, 1.82) is 0 Å². The molecule has 1 atom stereocenters. The summed E-state index contributed by atoms with van der Waals surface area (Å²) in [5, 5.41) is 11.0. The van der Waals surface area contributed by atoms with Crippen molar-refractivity contribution in [2.45, 2.75) is 39.2 Å². The van der Waals surface area contributed by atoms with Gasteiger partial charge in [0.1, 0.15) is 0 Å². The van der Waals surface area contributed by atoms with Crippen LogP contribution < -0.4 is 0 Å². The molecule has 13 heavy (non-hydrogen) atoms. The van der Waals surface area contributed by atoms with Gasteiger partial charge in [-0.15, -0.1) is 0 Å². The summed E-state index contributed by atoms with van der Waals surface area (Å²) in [6.07, 6.45) is 1.33. The molecule has 0 bridgehead atoms. The first-order valence-electron chi connectivity index (χ1n) is 4.25. The van der Waals surface area contributed by atoms with E-state index in [4.69, 9.17) is 5.11 Å². The first-order valence-corrected chi connectivity index (χ1v) is 4.65. The number of aliphatic imine (C=N–C) groups is 1. The molecule has 0 saturated heterocycles. The highest BCUT2D eigenvalue weighted by Gasteiger charge is 2.31. The van der Waals surface area contributed by atoms with Crippen LogP contribution in [0.25, 0.3) is 0 Å². The largest absolute Gasteiger partial charge is 0.479 e. The van der Waals surface area contributed by atoms with E-state index in [2.05, 4.69) is 22.4 Å². The maximum absolute atomic E-state index is 10.8. The molecular weight excluding hydrogens is 186 g/mol. The van der Waals surface area contributed by atoms with E-state index in [0.29, 0.717) is 12.3 Å².